The summed E-state index contributed by atoms with van der Waals surface area (Å²) >= 11 is 0. The largest absolute Gasteiger partial charge is 0.763 e. The Morgan fingerprint density at radius 3 is 2.33 bits per heavy atom. The van der Waals surface area contributed by atoms with Crippen LogP contribution in [0.2, 0.25) is 0 Å². The maximum absolute atomic E-state index is 9.21. The van der Waals surface area contributed by atoms with Crippen LogP contribution < -0.4 is 15.8 Å². The summed E-state index contributed by atoms with van der Waals surface area (Å²) in [5.41, 5.74) is 4.04. The Morgan fingerprint density at radius 2 is 1.62 bits per heavy atom. The summed E-state index contributed by atoms with van der Waals surface area (Å²) in [7, 11) is 0. The molecule has 4 aromatic rings. The highest BCUT2D eigenvalue weighted by molar-refractivity contribution is 6.25. The zero-order valence-corrected chi connectivity index (χ0v) is 24.5. The average Bonchev–Trinajstić information content (AvgIpc) is 3.60. The van der Waals surface area contributed by atoms with Crippen molar-refractivity contribution >= 4 is 67.5 Å². The van der Waals surface area contributed by atoms with Gasteiger partial charge in [-0.15, -0.1) is 0 Å². The van der Waals surface area contributed by atoms with Gasteiger partial charge in [-0.3, -0.25) is 21.3 Å². The molecule has 4 aromatic carbocycles. The van der Waals surface area contributed by atoms with Crippen molar-refractivity contribution in [3.63, 3.8) is 0 Å². The molecule has 0 amide bonds. The van der Waals surface area contributed by atoms with Crippen LogP contribution >= 0.6 is 0 Å². The summed E-state index contributed by atoms with van der Waals surface area (Å²) in [6.45, 7) is 2.05. The molecule has 0 saturated heterocycles. The first-order valence-electron chi connectivity index (χ1n) is 14.7. The van der Waals surface area contributed by atoms with E-state index in [1.165, 1.54) is 21.5 Å². The number of nitrogens with zero attached hydrogens (tertiary/aromatic N) is 4. The molecular formula is C39H27N6-. The van der Waals surface area contributed by atoms with Crippen molar-refractivity contribution in [3.8, 4) is 6.07 Å². The van der Waals surface area contributed by atoms with Gasteiger partial charge in [-0.05, 0) is 103 Å². The lowest BCUT2D eigenvalue weighted by molar-refractivity contribution is 0.721. The van der Waals surface area contributed by atoms with E-state index < -0.39 is 0 Å². The molecule has 0 bridgehead atoms. The molecule has 3 aliphatic rings. The summed E-state index contributed by atoms with van der Waals surface area (Å²) in [4.78, 5) is 9.21. The third-order valence-electron chi connectivity index (χ3n) is 8.42. The Kier molecular flexibility index (Phi) is 7.07. The number of fused-ring (bicyclic) bond motifs is 6. The number of allylic oxidation sites excluding steroid dienone is 7. The molecule has 6 heteroatoms. The zero-order valence-electron chi connectivity index (χ0n) is 24.5. The topological polar surface area (TPSA) is 107 Å². The van der Waals surface area contributed by atoms with Gasteiger partial charge in [-0.2, -0.15) is 5.26 Å². The monoisotopic (exact) mass is 579 g/mol. The SMILES string of the molecule is CC(C=CC(=N)C1=CC(=C=[N-])C=CN1)=c1ccc2c3ccccc3c3ccc(=C4C=CC(C5C=C(C#N)C=N5)N=C4)cc3c2c1. The first kappa shape index (κ1) is 27.7. The van der Waals surface area contributed by atoms with Crippen molar-refractivity contribution in [2.75, 3.05) is 0 Å². The molecule has 0 aliphatic carbocycles. The highest BCUT2D eigenvalue weighted by atomic mass is 14.9. The molecule has 7 rings (SSSR count). The molecule has 0 saturated carbocycles. The number of nitriles is 1. The van der Waals surface area contributed by atoms with Crippen molar-refractivity contribution in [1.82, 2.24) is 5.32 Å². The lowest BCUT2D eigenvalue weighted by atomic mass is 9.92. The lowest BCUT2D eigenvalue weighted by Gasteiger charge is -2.15. The normalized spacial score (nSPS) is 20.8. The van der Waals surface area contributed by atoms with E-state index in [1.807, 2.05) is 25.3 Å². The lowest BCUT2D eigenvalue weighted by Crippen LogP contribution is -2.20. The van der Waals surface area contributed by atoms with Crippen LogP contribution in [-0.2, 0) is 0 Å². The standard InChI is InChI=1S/C39H27N6/c1-24(6-12-36(42)38-16-25(20-40)14-15-43-38)27-7-10-32-30-4-2-3-5-31(30)33-11-8-28(19-35(33)34(32)18-27)29-9-13-37(45-23-29)39-17-26(21-41)22-44-39/h2-19,22-23,37,39,42-43H,1H3/q-1. The first-order valence-corrected chi connectivity index (χ1v) is 14.7. The van der Waals surface area contributed by atoms with Crippen LogP contribution in [0.25, 0.3) is 48.9 Å². The van der Waals surface area contributed by atoms with Crippen LogP contribution in [0.1, 0.15) is 6.92 Å². The van der Waals surface area contributed by atoms with Crippen LogP contribution in [0.15, 0.2) is 136 Å². The molecule has 0 aromatic heterocycles. The fourth-order valence-electron chi connectivity index (χ4n) is 5.99. The van der Waals surface area contributed by atoms with Crippen LogP contribution in [0.3, 0.4) is 0 Å². The Bertz CT molecular complexity index is 2380. The van der Waals surface area contributed by atoms with Crippen molar-refractivity contribution in [2.45, 2.75) is 19.0 Å². The van der Waals surface area contributed by atoms with Gasteiger partial charge in [-0.1, -0.05) is 66.8 Å². The van der Waals surface area contributed by atoms with E-state index >= 15 is 0 Å². The van der Waals surface area contributed by atoms with Crippen molar-refractivity contribution in [1.29, 1.82) is 10.7 Å². The first-order chi connectivity index (χ1) is 22.0. The van der Waals surface area contributed by atoms with Crippen LogP contribution in [0.5, 0.6) is 0 Å². The molecule has 0 fully saturated rings. The van der Waals surface area contributed by atoms with Gasteiger partial charge in [0.25, 0.3) is 0 Å². The van der Waals surface area contributed by atoms with E-state index in [0.717, 1.165) is 32.4 Å². The van der Waals surface area contributed by atoms with Crippen molar-refractivity contribution in [3.05, 3.63) is 142 Å². The van der Waals surface area contributed by atoms with E-state index in [0.29, 0.717) is 22.6 Å². The van der Waals surface area contributed by atoms with Gasteiger partial charge >= 0.3 is 0 Å². The second-order valence-corrected chi connectivity index (χ2v) is 11.2. The van der Waals surface area contributed by atoms with Gasteiger partial charge in [0.15, 0.2) is 0 Å². The fraction of sp³-hybridized carbons (Fsp3) is 0.0769. The minimum atomic E-state index is -0.142. The molecule has 45 heavy (non-hydrogen) atoms. The molecule has 0 spiro atoms. The van der Waals surface area contributed by atoms with Gasteiger partial charge < -0.3 is 10.7 Å². The molecule has 2 unspecified atom stereocenters. The van der Waals surface area contributed by atoms with Crippen molar-refractivity contribution in [2.24, 2.45) is 9.98 Å². The van der Waals surface area contributed by atoms with E-state index in [2.05, 4.69) is 95.1 Å². The molecule has 214 valence electrons. The van der Waals surface area contributed by atoms with Gasteiger partial charge in [0, 0.05) is 18.6 Å². The van der Waals surface area contributed by atoms with Gasteiger partial charge in [0.05, 0.1) is 29.1 Å². The van der Waals surface area contributed by atoms with E-state index in [4.69, 9.17) is 15.7 Å². The maximum atomic E-state index is 9.21. The van der Waals surface area contributed by atoms with Crippen molar-refractivity contribution < 1.29 is 0 Å². The highest BCUT2D eigenvalue weighted by Crippen LogP contribution is 2.33. The zero-order chi connectivity index (χ0) is 30.9. The Morgan fingerprint density at radius 1 is 0.889 bits per heavy atom. The number of dihydropyridines is 2. The van der Waals surface area contributed by atoms with Gasteiger partial charge in [-0.25, -0.2) is 0 Å². The fourth-order valence-corrected chi connectivity index (χ4v) is 5.99. The second-order valence-electron chi connectivity index (χ2n) is 11.2. The van der Waals surface area contributed by atoms with E-state index in [1.54, 1.807) is 30.6 Å². The van der Waals surface area contributed by atoms with E-state index in [9.17, 15) is 5.41 Å². The average molecular weight is 580 g/mol. The Hall–Kier alpha value is -6.15. The predicted octanol–water partition coefficient (Wildman–Crippen LogP) is 6.12. The van der Waals surface area contributed by atoms with Crippen LogP contribution in [0, 0.1) is 16.7 Å². The van der Waals surface area contributed by atoms with Crippen LogP contribution in [0.4, 0.5) is 0 Å². The van der Waals surface area contributed by atoms with Gasteiger partial charge in [0.2, 0.25) is 0 Å². The summed E-state index contributed by atoms with van der Waals surface area (Å²) < 4.78 is 0. The molecule has 6 nitrogen and oxygen atoms in total. The number of nitrogens with one attached hydrogen (secondary N) is 2. The second kappa shape index (κ2) is 11.5. The minimum Gasteiger partial charge on any atom is -0.763 e. The van der Waals surface area contributed by atoms with E-state index in [-0.39, 0.29) is 12.1 Å². The molecule has 3 aliphatic heterocycles. The smallest absolute Gasteiger partial charge is 0.100 e. The number of rotatable bonds is 4. The molecule has 3 heterocycles. The number of benzene rings is 4. The maximum Gasteiger partial charge on any atom is 0.100 e. The summed E-state index contributed by atoms with van der Waals surface area (Å²) in [6, 6.07) is 23.6. The molecule has 0 radical (unpaired) electrons. The summed E-state index contributed by atoms with van der Waals surface area (Å²) in [6.07, 6.45) is 18.3. The number of hydrogen-bond donors (Lipinski definition) is 2. The molecule has 2 atom stereocenters. The Labute approximate surface area is 260 Å². The quantitative estimate of drug-likeness (QED) is 0.224. The highest BCUT2D eigenvalue weighted by Gasteiger charge is 2.20. The minimum absolute atomic E-state index is 0.120. The molecular weight excluding hydrogens is 552 g/mol. The third kappa shape index (κ3) is 5.19. The number of aliphatic imine (C=N–C) groups is 2. The van der Waals surface area contributed by atoms with Gasteiger partial charge in [0.1, 0.15) is 6.07 Å². The van der Waals surface area contributed by atoms with Crippen LogP contribution in [-0.4, -0.2) is 36.1 Å². The third-order valence-corrected chi connectivity index (χ3v) is 8.42. The summed E-state index contributed by atoms with van der Waals surface area (Å²) in [5, 5.41) is 39.2. The molecule has 2 N–H and O–H groups in total. The predicted molar refractivity (Wildman–Crippen MR) is 187 cm³/mol. The Balaban J connectivity index is 1.33. The summed E-state index contributed by atoms with van der Waals surface area (Å²) in [5.74, 6) is 2.12. The number of hydrogen-bond acceptors (Lipinski definition) is 5.